The molecular formula is C26H29N5O2S2. The SMILES string of the molecule is CC(C)Oc1cc(C2CCN(C)CC2)ccc1Nc1ncc2sc(C(N)=O)c(-c3ccsc3)c2n1. The minimum absolute atomic E-state index is 0.0341. The average molecular weight is 508 g/mol. The second-order valence-electron chi connectivity index (χ2n) is 9.21. The maximum Gasteiger partial charge on any atom is 0.259 e. The second-order valence-corrected chi connectivity index (χ2v) is 11.0. The maximum absolute atomic E-state index is 12.1. The van der Waals surface area contributed by atoms with Gasteiger partial charge in [0.2, 0.25) is 5.95 Å². The van der Waals surface area contributed by atoms with Crippen LogP contribution in [-0.2, 0) is 0 Å². The molecule has 1 saturated heterocycles. The summed E-state index contributed by atoms with van der Waals surface area (Å²) in [7, 11) is 2.18. The van der Waals surface area contributed by atoms with Crippen LogP contribution >= 0.6 is 22.7 Å². The molecule has 5 rings (SSSR count). The Bertz CT molecular complexity index is 1340. The van der Waals surface area contributed by atoms with Gasteiger partial charge in [0.25, 0.3) is 5.91 Å². The fourth-order valence-electron chi connectivity index (χ4n) is 4.51. The van der Waals surface area contributed by atoms with Gasteiger partial charge in [0.1, 0.15) is 10.6 Å². The monoisotopic (exact) mass is 507 g/mol. The minimum Gasteiger partial charge on any atom is -0.489 e. The van der Waals surface area contributed by atoms with Crippen molar-refractivity contribution in [1.29, 1.82) is 0 Å². The Morgan fingerprint density at radius 2 is 2.06 bits per heavy atom. The molecule has 3 N–H and O–H groups in total. The van der Waals surface area contributed by atoms with Crippen LogP contribution in [0, 0.1) is 0 Å². The van der Waals surface area contributed by atoms with Crippen LogP contribution in [-0.4, -0.2) is 47.0 Å². The van der Waals surface area contributed by atoms with Gasteiger partial charge in [0.05, 0.1) is 28.2 Å². The zero-order chi connectivity index (χ0) is 24.5. The minimum atomic E-state index is -0.458. The number of primary amides is 1. The fraction of sp³-hybridized carbons (Fsp3) is 0.346. The first-order chi connectivity index (χ1) is 16.9. The van der Waals surface area contributed by atoms with Crippen molar-refractivity contribution in [3.63, 3.8) is 0 Å². The van der Waals surface area contributed by atoms with Crippen molar-refractivity contribution < 1.29 is 9.53 Å². The summed E-state index contributed by atoms with van der Waals surface area (Å²) < 4.78 is 7.01. The Kier molecular flexibility index (Phi) is 6.73. The normalized spacial score (nSPS) is 15.1. The number of carbonyl (C=O) groups excluding carboxylic acids is 1. The molecule has 4 heterocycles. The zero-order valence-electron chi connectivity index (χ0n) is 20.1. The average Bonchev–Trinajstić information content (AvgIpc) is 3.48. The number of hydrogen-bond acceptors (Lipinski definition) is 8. The van der Waals surface area contributed by atoms with Crippen LogP contribution in [0.4, 0.5) is 11.6 Å². The number of hydrogen-bond donors (Lipinski definition) is 2. The van der Waals surface area contributed by atoms with E-state index >= 15 is 0 Å². The number of nitrogens with two attached hydrogens (primary N) is 1. The molecule has 0 spiro atoms. The highest BCUT2D eigenvalue weighted by Gasteiger charge is 2.22. The second kappa shape index (κ2) is 9.93. The van der Waals surface area contributed by atoms with Gasteiger partial charge < -0.3 is 20.7 Å². The van der Waals surface area contributed by atoms with Crippen LogP contribution in [0.1, 0.15) is 47.8 Å². The van der Waals surface area contributed by atoms with Gasteiger partial charge in [-0.3, -0.25) is 4.79 Å². The van der Waals surface area contributed by atoms with Crippen molar-refractivity contribution in [2.24, 2.45) is 5.73 Å². The number of likely N-dealkylation sites (tertiary alicyclic amines) is 1. The van der Waals surface area contributed by atoms with Crippen molar-refractivity contribution in [3.05, 3.63) is 51.7 Å². The van der Waals surface area contributed by atoms with Gasteiger partial charge in [-0.1, -0.05) is 6.07 Å². The van der Waals surface area contributed by atoms with Gasteiger partial charge >= 0.3 is 0 Å². The summed E-state index contributed by atoms with van der Waals surface area (Å²) in [6, 6.07) is 8.37. The highest BCUT2D eigenvalue weighted by molar-refractivity contribution is 7.21. The molecule has 1 aromatic carbocycles. The molecule has 1 amide bonds. The molecule has 0 aliphatic carbocycles. The molecule has 1 fully saturated rings. The summed E-state index contributed by atoms with van der Waals surface area (Å²) >= 11 is 2.89. The summed E-state index contributed by atoms with van der Waals surface area (Å²) in [5, 5.41) is 7.33. The molecular weight excluding hydrogens is 478 g/mol. The standard InChI is InChI=1S/C26H29N5O2S2/c1-15(2)33-20-12-17(16-6-9-31(3)10-7-16)4-5-19(20)29-26-28-13-21-23(30-26)22(18-8-11-34-14-18)24(35-21)25(27)32/h4-5,8,11-16H,6-7,9-10H2,1-3H3,(H2,27,32)(H,28,29,30). The highest BCUT2D eigenvalue weighted by atomic mass is 32.1. The Balaban J connectivity index is 1.50. The van der Waals surface area contributed by atoms with E-state index in [2.05, 4.69) is 40.4 Å². The van der Waals surface area contributed by atoms with Gasteiger partial charge in [-0.2, -0.15) is 11.3 Å². The first-order valence-electron chi connectivity index (χ1n) is 11.8. The largest absolute Gasteiger partial charge is 0.489 e. The van der Waals surface area contributed by atoms with Gasteiger partial charge in [0, 0.05) is 5.56 Å². The Hall–Kier alpha value is -3.01. The van der Waals surface area contributed by atoms with Crippen LogP contribution in [0.3, 0.4) is 0 Å². The van der Waals surface area contributed by atoms with Crippen LogP contribution in [0.25, 0.3) is 21.3 Å². The summed E-state index contributed by atoms with van der Waals surface area (Å²) in [6.45, 7) is 6.27. The lowest BCUT2D eigenvalue weighted by Gasteiger charge is -2.29. The molecule has 9 heteroatoms. The molecule has 3 aromatic heterocycles. The van der Waals surface area contributed by atoms with Gasteiger partial charge in [-0.05, 0) is 92.8 Å². The number of carbonyl (C=O) groups is 1. The first-order valence-corrected chi connectivity index (χ1v) is 13.5. The molecule has 0 radical (unpaired) electrons. The zero-order valence-corrected chi connectivity index (χ0v) is 21.7. The van der Waals surface area contributed by atoms with Crippen molar-refractivity contribution >= 4 is 50.4 Å². The number of amides is 1. The van der Waals surface area contributed by atoms with Gasteiger partial charge in [-0.25, -0.2) is 9.97 Å². The maximum atomic E-state index is 12.1. The lowest BCUT2D eigenvalue weighted by atomic mass is 9.89. The molecule has 182 valence electrons. The Morgan fingerprint density at radius 3 is 2.74 bits per heavy atom. The Labute approximate surface area is 213 Å². The Morgan fingerprint density at radius 1 is 1.26 bits per heavy atom. The van der Waals surface area contributed by atoms with E-state index in [4.69, 9.17) is 15.5 Å². The highest BCUT2D eigenvalue weighted by Crippen LogP contribution is 2.40. The summed E-state index contributed by atoms with van der Waals surface area (Å²) in [6.07, 6.45) is 4.08. The van der Waals surface area contributed by atoms with E-state index in [9.17, 15) is 4.79 Å². The molecule has 0 atom stereocenters. The third kappa shape index (κ3) is 5.03. The quantitative estimate of drug-likeness (QED) is 0.325. The molecule has 7 nitrogen and oxygen atoms in total. The smallest absolute Gasteiger partial charge is 0.259 e. The fourth-order valence-corrected chi connectivity index (χ4v) is 6.14. The molecule has 1 aliphatic rings. The van der Waals surface area contributed by atoms with Crippen LogP contribution < -0.4 is 15.8 Å². The van der Waals surface area contributed by atoms with E-state index in [0.717, 1.165) is 53.2 Å². The predicted molar refractivity (Wildman–Crippen MR) is 144 cm³/mol. The van der Waals surface area contributed by atoms with E-state index in [0.29, 0.717) is 22.3 Å². The number of ether oxygens (including phenoxy) is 1. The van der Waals surface area contributed by atoms with E-state index in [1.807, 2.05) is 30.7 Å². The third-order valence-corrected chi connectivity index (χ3v) is 8.08. The van der Waals surface area contributed by atoms with Crippen molar-refractivity contribution in [1.82, 2.24) is 14.9 Å². The molecule has 35 heavy (non-hydrogen) atoms. The number of benzene rings is 1. The number of nitrogens with zero attached hydrogens (tertiary/aromatic N) is 3. The number of rotatable bonds is 7. The number of anilines is 2. The number of nitrogens with one attached hydrogen (secondary N) is 1. The van der Waals surface area contributed by atoms with Crippen LogP contribution in [0.5, 0.6) is 5.75 Å². The van der Waals surface area contributed by atoms with Crippen molar-refractivity contribution in [2.75, 3.05) is 25.5 Å². The lowest BCUT2D eigenvalue weighted by Crippen LogP contribution is -2.29. The third-order valence-electron chi connectivity index (χ3n) is 6.27. The van der Waals surface area contributed by atoms with E-state index in [1.54, 1.807) is 17.5 Å². The molecule has 0 unspecified atom stereocenters. The van der Waals surface area contributed by atoms with Crippen LogP contribution in [0.15, 0.2) is 41.2 Å². The van der Waals surface area contributed by atoms with Gasteiger partial charge in [-0.15, -0.1) is 11.3 Å². The van der Waals surface area contributed by atoms with Crippen molar-refractivity contribution in [2.45, 2.75) is 38.7 Å². The summed E-state index contributed by atoms with van der Waals surface area (Å²) in [5.74, 6) is 1.32. The number of piperidine rings is 1. The lowest BCUT2D eigenvalue weighted by molar-refractivity contribution is 0.100. The van der Waals surface area contributed by atoms with Crippen molar-refractivity contribution in [3.8, 4) is 16.9 Å². The molecule has 0 saturated carbocycles. The van der Waals surface area contributed by atoms with E-state index < -0.39 is 5.91 Å². The number of thiophene rings is 2. The predicted octanol–water partition coefficient (Wildman–Crippen LogP) is 5.86. The topological polar surface area (TPSA) is 93.4 Å². The summed E-state index contributed by atoms with van der Waals surface area (Å²) in [5.41, 5.74) is 10.2. The number of aromatic nitrogens is 2. The number of fused-ring (bicyclic) bond motifs is 1. The van der Waals surface area contributed by atoms with Gasteiger partial charge in [0.15, 0.2) is 0 Å². The molecule has 1 aliphatic heterocycles. The summed E-state index contributed by atoms with van der Waals surface area (Å²) in [4.78, 5) is 24.3. The molecule has 4 aromatic rings. The van der Waals surface area contributed by atoms with E-state index in [-0.39, 0.29) is 6.10 Å². The van der Waals surface area contributed by atoms with E-state index in [1.165, 1.54) is 16.9 Å². The first kappa shape index (κ1) is 23.7. The molecule has 0 bridgehead atoms. The van der Waals surface area contributed by atoms with Crippen LogP contribution in [0.2, 0.25) is 0 Å².